The van der Waals surface area contributed by atoms with Crippen LogP contribution in [-0.4, -0.2) is 42.4 Å². The van der Waals surface area contributed by atoms with E-state index in [1.165, 1.54) is 32.1 Å². The highest BCUT2D eigenvalue weighted by molar-refractivity contribution is 7.98. The largest absolute Gasteiger partial charge is 0.344 e. The Labute approximate surface area is 122 Å². The van der Waals surface area contributed by atoms with Gasteiger partial charge in [-0.1, -0.05) is 19.3 Å². The highest BCUT2D eigenvalue weighted by atomic mass is 35.5. The summed E-state index contributed by atoms with van der Waals surface area (Å²) in [5, 5.41) is 0. The lowest BCUT2D eigenvalue weighted by Gasteiger charge is -2.28. The monoisotopic (exact) mass is 294 g/mol. The first-order valence-electron chi connectivity index (χ1n) is 6.64. The normalized spacial score (nSPS) is 17.9. The average Bonchev–Trinajstić information content (AvgIpc) is 2.36. The molecule has 0 aromatic heterocycles. The van der Waals surface area contributed by atoms with E-state index in [0.29, 0.717) is 5.92 Å². The smallest absolute Gasteiger partial charge is 0.239 e. The van der Waals surface area contributed by atoms with Gasteiger partial charge in [-0.15, -0.1) is 12.4 Å². The molecule has 1 atom stereocenters. The summed E-state index contributed by atoms with van der Waals surface area (Å²) in [7, 11) is 1.90. The van der Waals surface area contributed by atoms with Crippen LogP contribution >= 0.6 is 24.2 Å². The van der Waals surface area contributed by atoms with E-state index in [-0.39, 0.29) is 24.4 Å². The highest BCUT2D eigenvalue weighted by Gasteiger charge is 2.21. The average molecular weight is 295 g/mol. The molecule has 0 aromatic carbocycles. The first-order chi connectivity index (χ1) is 8.15. The number of nitrogens with zero attached hydrogens (tertiary/aromatic N) is 1. The Hall–Kier alpha value is 0.0700. The molecule has 0 spiro atoms. The molecule has 3 nitrogen and oxygen atoms in total. The number of rotatable bonds is 6. The number of hydrogen-bond donors (Lipinski definition) is 1. The number of hydrogen-bond acceptors (Lipinski definition) is 3. The van der Waals surface area contributed by atoms with Gasteiger partial charge in [0.25, 0.3) is 0 Å². The summed E-state index contributed by atoms with van der Waals surface area (Å²) in [5.74, 6) is 1.78. The van der Waals surface area contributed by atoms with E-state index in [2.05, 4.69) is 0 Å². The van der Waals surface area contributed by atoms with Crippen LogP contribution in [0.15, 0.2) is 0 Å². The molecule has 0 bridgehead atoms. The second-order valence-corrected chi connectivity index (χ2v) is 6.10. The lowest BCUT2D eigenvalue weighted by atomic mass is 9.89. The summed E-state index contributed by atoms with van der Waals surface area (Å²) < 4.78 is 0. The standard InChI is InChI=1S/C13H26N2OS.ClH/c1-15(10-11-6-4-3-5-7-11)13(16)12(14)8-9-17-2;/h11-12H,3-10,14H2,1-2H3;1H/t12-;/m0./s1. The maximum Gasteiger partial charge on any atom is 0.239 e. The topological polar surface area (TPSA) is 46.3 Å². The highest BCUT2D eigenvalue weighted by Crippen LogP contribution is 2.24. The summed E-state index contributed by atoms with van der Waals surface area (Å²) in [4.78, 5) is 13.9. The molecule has 1 amide bonds. The van der Waals surface area contributed by atoms with Gasteiger partial charge in [-0.25, -0.2) is 0 Å². The SMILES string of the molecule is CSCC[C@H](N)C(=O)N(C)CC1CCCCC1.Cl. The molecule has 1 fully saturated rings. The zero-order valence-corrected chi connectivity index (χ0v) is 13.2. The molecular formula is C13H27ClN2OS. The number of likely N-dealkylation sites (N-methyl/N-ethyl adjacent to an activating group) is 1. The van der Waals surface area contributed by atoms with Crippen molar-refractivity contribution in [1.82, 2.24) is 4.90 Å². The molecule has 0 heterocycles. The van der Waals surface area contributed by atoms with E-state index in [1.54, 1.807) is 11.8 Å². The first kappa shape index (κ1) is 18.1. The molecule has 18 heavy (non-hydrogen) atoms. The van der Waals surface area contributed by atoms with Crippen LogP contribution in [0.1, 0.15) is 38.5 Å². The zero-order valence-electron chi connectivity index (χ0n) is 11.6. The van der Waals surface area contributed by atoms with Gasteiger partial charge in [0, 0.05) is 13.6 Å². The number of carbonyl (C=O) groups is 1. The van der Waals surface area contributed by atoms with Gasteiger partial charge in [0.2, 0.25) is 5.91 Å². The van der Waals surface area contributed by atoms with E-state index in [0.717, 1.165) is 18.7 Å². The van der Waals surface area contributed by atoms with Crippen LogP contribution < -0.4 is 5.73 Å². The van der Waals surface area contributed by atoms with Crippen molar-refractivity contribution in [3.63, 3.8) is 0 Å². The first-order valence-corrected chi connectivity index (χ1v) is 8.04. The molecule has 1 aliphatic carbocycles. The van der Waals surface area contributed by atoms with Gasteiger partial charge in [0.05, 0.1) is 6.04 Å². The molecule has 0 unspecified atom stereocenters. The Morgan fingerprint density at radius 3 is 2.56 bits per heavy atom. The molecule has 1 rings (SSSR count). The van der Waals surface area contributed by atoms with Gasteiger partial charge in [-0.05, 0) is 37.2 Å². The van der Waals surface area contributed by atoms with Crippen molar-refractivity contribution in [1.29, 1.82) is 0 Å². The maximum atomic E-state index is 12.0. The molecule has 1 saturated carbocycles. The number of amides is 1. The van der Waals surface area contributed by atoms with Crippen LogP contribution in [0.4, 0.5) is 0 Å². The summed E-state index contributed by atoms with van der Waals surface area (Å²) >= 11 is 1.74. The molecule has 0 radical (unpaired) electrons. The minimum atomic E-state index is -0.309. The van der Waals surface area contributed by atoms with Gasteiger partial charge < -0.3 is 10.6 Å². The van der Waals surface area contributed by atoms with E-state index in [1.807, 2.05) is 18.2 Å². The second kappa shape index (κ2) is 9.93. The minimum Gasteiger partial charge on any atom is -0.344 e. The maximum absolute atomic E-state index is 12.0. The molecule has 108 valence electrons. The third kappa shape index (κ3) is 6.30. The van der Waals surface area contributed by atoms with Crippen LogP contribution in [0.2, 0.25) is 0 Å². The molecule has 0 aromatic rings. The predicted molar refractivity (Wildman–Crippen MR) is 82.4 cm³/mol. The Bertz CT molecular complexity index is 235. The van der Waals surface area contributed by atoms with E-state index >= 15 is 0 Å². The van der Waals surface area contributed by atoms with Crippen molar-refractivity contribution in [2.24, 2.45) is 11.7 Å². The molecule has 1 aliphatic rings. The third-order valence-corrected chi connectivity index (χ3v) is 4.23. The molecular weight excluding hydrogens is 268 g/mol. The summed E-state index contributed by atoms with van der Waals surface area (Å²) in [6.07, 6.45) is 9.39. The Balaban J connectivity index is 0.00000289. The van der Waals surface area contributed by atoms with Crippen LogP contribution in [-0.2, 0) is 4.79 Å². The van der Waals surface area contributed by atoms with Crippen molar-refractivity contribution in [3.05, 3.63) is 0 Å². The van der Waals surface area contributed by atoms with Crippen molar-refractivity contribution in [2.75, 3.05) is 25.6 Å². The Morgan fingerprint density at radius 2 is 2.00 bits per heavy atom. The molecule has 0 aliphatic heterocycles. The lowest BCUT2D eigenvalue weighted by molar-refractivity contribution is -0.132. The van der Waals surface area contributed by atoms with Gasteiger partial charge in [0.15, 0.2) is 0 Å². The van der Waals surface area contributed by atoms with Crippen LogP contribution in [0.5, 0.6) is 0 Å². The number of halogens is 1. The van der Waals surface area contributed by atoms with Gasteiger partial charge in [0.1, 0.15) is 0 Å². The van der Waals surface area contributed by atoms with E-state index < -0.39 is 0 Å². The number of thioether (sulfide) groups is 1. The van der Waals surface area contributed by atoms with Crippen LogP contribution in [0.3, 0.4) is 0 Å². The zero-order chi connectivity index (χ0) is 12.7. The fourth-order valence-corrected chi connectivity index (χ4v) is 2.99. The predicted octanol–water partition coefficient (Wildman–Crippen LogP) is 2.53. The van der Waals surface area contributed by atoms with Gasteiger partial charge >= 0.3 is 0 Å². The van der Waals surface area contributed by atoms with Crippen LogP contribution in [0, 0.1) is 5.92 Å². The Morgan fingerprint density at radius 1 is 1.39 bits per heavy atom. The van der Waals surface area contributed by atoms with Crippen molar-refractivity contribution in [2.45, 2.75) is 44.6 Å². The summed E-state index contributed by atoms with van der Waals surface area (Å²) in [5.41, 5.74) is 5.90. The molecule has 0 saturated heterocycles. The van der Waals surface area contributed by atoms with Crippen LogP contribution in [0.25, 0.3) is 0 Å². The fourth-order valence-electron chi connectivity index (χ4n) is 2.50. The van der Waals surface area contributed by atoms with Crippen molar-refractivity contribution >= 4 is 30.1 Å². The summed E-state index contributed by atoms with van der Waals surface area (Å²) in [6, 6.07) is -0.309. The fraction of sp³-hybridized carbons (Fsp3) is 0.923. The second-order valence-electron chi connectivity index (χ2n) is 5.11. The van der Waals surface area contributed by atoms with Gasteiger partial charge in [-0.2, -0.15) is 11.8 Å². The molecule has 5 heteroatoms. The summed E-state index contributed by atoms with van der Waals surface area (Å²) in [6.45, 7) is 0.895. The van der Waals surface area contributed by atoms with Crippen molar-refractivity contribution in [3.8, 4) is 0 Å². The number of carbonyl (C=O) groups excluding carboxylic acids is 1. The molecule has 2 N–H and O–H groups in total. The van der Waals surface area contributed by atoms with Gasteiger partial charge in [-0.3, -0.25) is 4.79 Å². The lowest BCUT2D eigenvalue weighted by Crippen LogP contribution is -2.44. The minimum absolute atomic E-state index is 0. The number of nitrogens with two attached hydrogens (primary N) is 1. The Kier molecular flexibility index (Phi) is 9.97. The van der Waals surface area contributed by atoms with E-state index in [4.69, 9.17) is 5.73 Å². The third-order valence-electron chi connectivity index (χ3n) is 3.58. The quantitative estimate of drug-likeness (QED) is 0.819. The van der Waals surface area contributed by atoms with E-state index in [9.17, 15) is 4.79 Å². The van der Waals surface area contributed by atoms with Crippen molar-refractivity contribution < 1.29 is 4.79 Å².